The zero-order valence-corrected chi connectivity index (χ0v) is 16.8. The molecular weight excluding hydrogens is 384 g/mol. The van der Waals surface area contributed by atoms with Crippen LogP contribution in [0.1, 0.15) is 48.7 Å². The van der Waals surface area contributed by atoms with Crippen LogP contribution in [0.15, 0.2) is 6.07 Å². The van der Waals surface area contributed by atoms with Gasteiger partial charge in [0.1, 0.15) is 24.4 Å². The first-order chi connectivity index (χ1) is 14.0. The van der Waals surface area contributed by atoms with E-state index in [1.165, 1.54) is 13.2 Å². The van der Waals surface area contributed by atoms with Crippen LogP contribution in [0.4, 0.5) is 0 Å². The van der Waals surface area contributed by atoms with E-state index in [0.29, 0.717) is 36.7 Å². The Kier molecular flexibility index (Phi) is 6.84. The van der Waals surface area contributed by atoms with Crippen LogP contribution in [0.25, 0.3) is 0 Å². The summed E-state index contributed by atoms with van der Waals surface area (Å²) in [4.78, 5) is 12.7. The molecule has 1 aromatic carbocycles. The summed E-state index contributed by atoms with van der Waals surface area (Å²) in [7, 11) is 1.47. The highest BCUT2D eigenvalue weighted by atomic mass is 16.6. The van der Waals surface area contributed by atoms with E-state index >= 15 is 0 Å². The average molecular weight is 412 g/mol. The van der Waals surface area contributed by atoms with Gasteiger partial charge < -0.3 is 39.0 Å². The van der Waals surface area contributed by atoms with E-state index in [4.69, 9.17) is 23.7 Å². The Morgan fingerprint density at radius 3 is 2.38 bits per heavy atom. The van der Waals surface area contributed by atoms with Crippen LogP contribution in [-0.4, -0.2) is 72.6 Å². The maximum atomic E-state index is 12.7. The summed E-state index contributed by atoms with van der Waals surface area (Å²) in [5, 5.41) is 30.2. The smallest absolute Gasteiger partial charge is 0.339 e. The Hall–Kier alpha value is -2.07. The normalized spacial score (nSPS) is 28.2. The topological polar surface area (TPSA) is 124 Å². The third-order valence-electron chi connectivity index (χ3n) is 4.97. The summed E-state index contributed by atoms with van der Waals surface area (Å²) in [5.74, 6) is 0.224. The summed E-state index contributed by atoms with van der Waals surface area (Å²) in [6.45, 7) is 4.14. The second-order valence-corrected chi connectivity index (χ2v) is 7.02. The molecule has 9 heteroatoms. The Morgan fingerprint density at radius 2 is 1.76 bits per heavy atom. The van der Waals surface area contributed by atoms with Crippen LogP contribution in [0.3, 0.4) is 0 Å². The molecule has 5 atom stereocenters. The van der Waals surface area contributed by atoms with Crippen molar-refractivity contribution in [3.05, 3.63) is 17.2 Å². The molecule has 0 unspecified atom stereocenters. The molecule has 3 rings (SSSR count). The molecule has 2 aliphatic rings. The number of methoxy groups -OCH3 is 1. The summed E-state index contributed by atoms with van der Waals surface area (Å²) >= 11 is 0. The molecule has 9 nitrogen and oxygen atoms in total. The molecule has 29 heavy (non-hydrogen) atoms. The minimum atomic E-state index is -1.43. The molecular formula is C20H28O9. The monoisotopic (exact) mass is 412 g/mol. The van der Waals surface area contributed by atoms with Crippen molar-refractivity contribution in [1.82, 2.24) is 0 Å². The van der Waals surface area contributed by atoms with Crippen LogP contribution in [0.5, 0.6) is 17.2 Å². The van der Waals surface area contributed by atoms with E-state index < -0.39 is 43.1 Å². The van der Waals surface area contributed by atoms with Gasteiger partial charge in [0.2, 0.25) is 5.75 Å². The molecule has 0 radical (unpaired) electrons. The van der Waals surface area contributed by atoms with Crippen molar-refractivity contribution in [2.75, 3.05) is 26.9 Å². The second-order valence-electron chi connectivity index (χ2n) is 7.02. The lowest BCUT2D eigenvalue weighted by atomic mass is 9.86. The highest BCUT2D eigenvalue weighted by molar-refractivity contribution is 5.95. The zero-order valence-electron chi connectivity index (χ0n) is 16.8. The van der Waals surface area contributed by atoms with Crippen molar-refractivity contribution in [1.29, 1.82) is 0 Å². The SMILES string of the molecule is CCCOc1cc2c(c(OCCC)c1OC)[C@@H]1O[C@H](CO)[C@@H](O)[C@H](O)[C@H]1OC2=O. The highest BCUT2D eigenvalue weighted by Gasteiger charge is 2.52. The van der Waals surface area contributed by atoms with E-state index in [0.717, 1.165) is 6.42 Å². The molecule has 0 bridgehead atoms. The van der Waals surface area contributed by atoms with Gasteiger partial charge in [0.15, 0.2) is 17.6 Å². The van der Waals surface area contributed by atoms with Crippen molar-refractivity contribution in [2.45, 2.75) is 57.2 Å². The quantitative estimate of drug-likeness (QED) is 0.536. The Morgan fingerprint density at radius 1 is 1.07 bits per heavy atom. The fourth-order valence-corrected chi connectivity index (χ4v) is 3.58. The molecule has 0 amide bonds. The first-order valence-electron chi connectivity index (χ1n) is 9.82. The molecule has 3 N–H and O–H groups in total. The predicted molar refractivity (Wildman–Crippen MR) is 100 cm³/mol. The number of aliphatic hydroxyl groups excluding tert-OH is 3. The van der Waals surface area contributed by atoms with Gasteiger partial charge in [0.05, 0.1) is 32.5 Å². The average Bonchev–Trinajstić information content (AvgIpc) is 2.73. The maximum absolute atomic E-state index is 12.7. The zero-order chi connectivity index (χ0) is 21.1. The summed E-state index contributed by atoms with van der Waals surface area (Å²) in [6, 6.07) is 1.51. The number of rotatable bonds is 8. The number of carbonyl (C=O) groups excluding carboxylic acids is 1. The largest absolute Gasteiger partial charge is 0.490 e. The molecule has 2 heterocycles. The molecule has 0 saturated carbocycles. The number of esters is 1. The predicted octanol–water partition coefficient (Wildman–Crippen LogP) is 0.966. The number of benzene rings is 1. The molecule has 1 aromatic rings. The van der Waals surface area contributed by atoms with Crippen LogP contribution in [0.2, 0.25) is 0 Å². The van der Waals surface area contributed by atoms with Crippen LogP contribution in [-0.2, 0) is 9.47 Å². The number of carbonyl (C=O) groups is 1. The van der Waals surface area contributed by atoms with Gasteiger partial charge in [-0.2, -0.15) is 0 Å². The van der Waals surface area contributed by atoms with Gasteiger partial charge >= 0.3 is 5.97 Å². The van der Waals surface area contributed by atoms with Gasteiger partial charge in [-0.05, 0) is 18.9 Å². The lowest BCUT2D eigenvalue weighted by Gasteiger charge is -2.44. The van der Waals surface area contributed by atoms with Crippen LogP contribution >= 0.6 is 0 Å². The molecule has 0 spiro atoms. The lowest BCUT2D eigenvalue weighted by molar-refractivity contribution is -0.235. The third-order valence-corrected chi connectivity index (χ3v) is 4.97. The van der Waals surface area contributed by atoms with E-state index in [-0.39, 0.29) is 11.3 Å². The van der Waals surface area contributed by atoms with Gasteiger partial charge in [0, 0.05) is 5.56 Å². The van der Waals surface area contributed by atoms with E-state index in [9.17, 15) is 20.1 Å². The van der Waals surface area contributed by atoms with Crippen molar-refractivity contribution in [3.63, 3.8) is 0 Å². The number of hydrogen-bond acceptors (Lipinski definition) is 9. The van der Waals surface area contributed by atoms with Gasteiger partial charge in [-0.3, -0.25) is 0 Å². The maximum Gasteiger partial charge on any atom is 0.339 e. The van der Waals surface area contributed by atoms with E-state index in [1.54, 1.807) is 0 Å². The van der Waals surface area contributed by atoms with E-state index in [2.05, 4.69) is 0 Å². The molecule has 1 fully saturated rings. The fraction of sp³-hybridized carbons (Fsp3) is 0.650. The van der Waals surface area contributed by atoms with Gasteiger partial charge in [0.25, 0.3) is 0 Å². The molecule has 162 valence electrons. The Labute approximate surface area is 169 Å². The minimum absolute atomic E-state index is 0.171. The molecule has 1 saturated heterocycles. The number of ether oxygens (including phenoxy) is 5. The molecule has 0 aliphatic carbocycles. The minimum Gasteiger partial charge on any atom is -0.490 e. The van der Waals surface area contributed by atoms with Crippen molar-refractivity contribution < 1.29 is 43.8 Å². The first-order valence-corrected chi connectivity index (χ1v) is 9.82. The van der Waals surface area contributed by atoms with Crippen LogP contribution in [0, 0.1) is 0 Å². The number of hydrogen-bond donors (Lipinski definition) is 3. The highest BCUT2D eigenvalue weighted by Crippen LogP contribution is 2.51. The van der Waals surface area contributed by atoms with Crippen LogP contribution < -0.4 is 14.2 Å². The lowest BCUT2D eigenvalue weighted by Crippen LogP contribution is -2.58. The molecule has 2 aliphatic heterocycles. The Bertz CT molecular complexity index is 735. The second kappa shape index (κ2) is 9.17. The van der Waals surface area contributed by atoms with E-state index in [1.807, 2.05) is 13.8 Å². The summed E-state index contributed by atoms with van der Waals surface area (Å²) < 4.78 is 28.4. The first kappa shape index (κ1) is 21.6. The van der Waals surface area contributed by atoms with Crippen molar-refractivity contribution in [3.8, 4) is 17.2 Å². The van der Waals surface area contributed by atoms with Crippen molar-refractivity contribution in [2.24, 2.45) is 0 Å². The van der Waals surface area contributed by atoms with Gasteiger partial charge in [-0.25, -0.2) is 4.79 Å². The van der Waals surface area contributed by atoms with Crippen molar-refractivity contribution >= 4 is 5.97 Å². The third kappa shape index (κ3) is 3.87. The number of aliphatic hydroxyl groups is 3. The number of fused-ring (bicyclic) bond motifs is 3. The van der Waals surface area contributed by atoms with Gasteiger partial charge in [-0.15, -0.1) is 0 Å². The fourth-order valence-electron chi connectivity index (χ4n) is 3.58. The summed E-state index contributed by atoms with van der Waals surface area (Å²) in [5.41, 5.74) is 0.523. The molecule has 0 aromatic heterocycles. The summed E-state index contributed by atoms with van der Waals surface area (Å²) in [6.07, 6.45) is -4.50. The Balaban J connectivity index is 2.16. The van der Waals surface area contributed by atoms with Gasteiger partial charge in [-0.1, -0.05) is 13.8 Å². The standard InChI is InChI=1S/C20H28O9/c1-4-6-26-11-8-10-13(17(16(11)25-3)27-7-5-2)18-19(29-20(10)24)15(23)14(22)12(9-21)28-18/h8,12,14-15,18-19,21-23H,4-7,9H2,1-3H3/t12-,14-,15+,18+,19-/m1/s1.